The lowest BCUT2D eigenvalue weighted by Crippen LogP contribution is -2.60. The van der Waals surface area contributed by atoms with E-state index in [0.29, 0.717) is 37.7 Å². The van der Waals surface area contributed by atoms with Crippen molar-refractivity contribution < 1.29 is 82.4 Å². The molecule has 0 saturated heterocycles. The quantitative estimate of drug-likeness (QED) is 0.00514. The number of ether oxygens (including phenoxy) is 1. The maximum absolute atomic E-state index is 14.0. The predicted octanol–water partition coefficient (Wildman–Crippen LogP) is -1.67. The molecule has 82 heavy (non-hydrogen) atoms. The van der Waals surface area contributed by atoms with E-state index >= 15 is 0 Å². The molecule has 8 amide bonds. The summed E-state index contributed by atoms with van der Waals surface area (Å²) >= 11 is 0. The fourth-order valence-corrected chi connectivity index (χ4v) is 6.65. The number of phenolic OH excluding ortho intramolecular Hbond substituents is 1. The molecule has 0 radical (unpaired) electrons. The van der Waals surface area contributed by atoms with Crippen LogP contribution in [0.2, 0.25) is 0 Å². The lowest BCUT2D eigenvalue weighted by atomic mass is 9.99. The van der Waals surface area contributed by atoms with Gasteiger partial charge in [0, 0.05) is 34.0 Å². The molecule has 36 heteroatoms. The van der Waals surface area contributed by atoms with Crippen molar-refractivity contribution in [1.82, 2.24) is 48.1 Å². The van der Waals surface area contributed by atoms with Crippen LogP contribution < -0.4 is 53.8 Å². The summed E-state index contributed by atoms with van der Waals surface area (Å²) in [5.41, 5.74) is 34.3. The second-order valence-corrected chi connectivity index (χ2v) is 18.1. The molecule has 1 aromatic carbocycles. The minimum absolute atomic E-state index is 0.0920. The van der Waals surface area contributed by atoms with Gasteiger partial charge in [0.05, 0.1) is 19.1 Å². The van der Waals surface area contributed by atoms with E-state index in [9.17, 15) is 77.6 Å². The number of unbranched alkanes of at least 4 members (excludes halogenated alkanes) is 1. The molecule has 0 aliphatic rings. The number of hydrogen-bond acceptors (Lipinski definition) is 20. The van der Waals surface area contributed by atoms with Gasteiger partial charge in [0.2, 0.25) is 47.3 Å². The number of aromatic hydroxyl groups is 1. The number of carbonyl (C=O) groups is 13. The zero-order valence-electron chi connectivity index (χ0n) is 45.3. The monoisotopic (exact) mass is 1160 g/mol. The average molecular weight is 1160 g/mol. The van der Waals surface area contributed by atoms with Gasteiger partial charge in [0.25, 0.3) is 0 Å². The number of carboxylic acids is 2. The van der Waals surface area contributed by atoms with E-state index in [2.05, 4.69) is 82.9 Å². The number of amides is 8. The fraction of sp³-hybridized carbons (Fsp3) is 0.587. The number of hydrogen-bond donors (Lipinski definition) is 13. The van der Waals surface area contributed by atoms with Gasteiger partial charge < -0.3 is 67.8 Å². The molecule has 6 atom stereocenters. The lowest BCUT2D eigenvalue weighted by Gasteiger charge is -2.28. The minimum Gasteiger partial charge on any atom is -0.508 e. The number of nitrogens with zero attached hydrogens (tertiary/aromatic N) is 9. The topological polar surface area (TPSA) is 572 Å². The van der Waals surface area contributed by atoms with E-state index in [-0.39, 0.29) is 24.5 Å². The van der Waals surface area contributed by atoms with Crippen molar-refractivity contribution in [2.45, 2.75) is 122 Å². The van der Waals surface area contributed by atoms with Gasteiger partial charge >= 0.3 is 23.9 Å². The zero-order chi connectivity index (χ0) is 62.2. The molecule has 0 fully saturated rings. The first kappa shape index (κ1) is 72.4. The number of aliphatic carboxylic acids is 2. The van der Waals surface area contributed by atoms with Crippen LogP contribution in [0.4, 0.5) is 0 Å². The number of aldehydes is 1. The number of benzene rings is 1. The van der Waals surface area contributed by atoms with Crippen molar-refractivity contribution in [3.05, 3.63) is 61.2 Å². The Bertz CT molecular complexity index is 2480. The van der Waals surface area contributed by atoms with Crippen LogP contribution in [0.5, 0.6) is 5.75 Å². The molecular formula is C46H69N19O17. The highest BCUT2D eigenvalue weighted by molar-refractivity contribution is 5.97. The third-order valence-corrected chi connectivity index (χ3v) is 10.6. The van der Waals surface area contributed by atoms with E-state index in [1.165, 1.54) is 24.3 Å². The molecule has 0 spiro atoms. The van der Waals surface area contributed by atoms with Gasteiger partial charge in [-0.2, -0.15) is 0 Å². The molecule has 450 valence electrons. The van der Waals surface area contributed by atoms with Gasteiger partial charge in [-0.15, -0.1) is 0 Å². The largest absolute Gasteiger partial charge is 0.508 e. The molecule has 0 aliphatic carbocycles. The maximum atomic E-state index is 14.0. The Morgan fingerprint density at radius 2 is 1.11 bits per heavy atom. The van der Waals surface area contributed by atoms with E-state index in [4.69, 9.17) is 22.3 Å². The number of hydrazine groups is 1. The number of carbonyl (C=O) groups excluding carboxylic acids is 11. The van der Waals surface area contributed by atoms with Gasteiger partial charge in [-0.3, -0.25) is 63.0 Å². The van der Waals surface area contributed by atoms with Crippen LogP contribution in [0.1, 0.15) is 84.6 Å². The lowest BCUT2D eigenvalue weighted by molar-refractivity contribution is -0.157. The first-order valence-corrected chi connectivity index (χ1v) is 25.0. The second kappa shape index (κ2) is 41.4. The Morgan fingerprint density at radius 1 is 0.610 bits per heavy atom. The van der Waals surface area contributed by atoms with E-state index in [1.807, 2.05) is 0 Å². The van der Waals surface area contributed by atoms with Crippen LogP contribution in [-0.2, 0) is 73.5 Å². The zero-order valence-corrected chi connectivity index (χ0v) is 45.3. The Hall–Kier alpha value is -9.62. The van der Waals surface area contributed by atoms with Gasteiger partial charge in [0.1, 0.15) is 61.9 Å². The SMILES string of the molecule is CC(C)CC(NC(=O)CNNC(=O)CN=[N+]=[N-])C(=O)NCC(=O)NC(CCC(=O)O)C(=O)N[C@@H](CCC(=O)O)C(=O)NC(Cc1ccc(O)cc1)C(=O)N[C@H](C(=O)N[C@H](C=O)CCCCN)C(C)C.[N-]=[N+]=NCC(=O)OC(=O)CN=[N+]=[N-]. The number of nitrogens with one attached hydrogen (secondary N) is 9. The van der Waals surface area contributed by atoms with Crippen LogP contribution in [0.3, 0.4) is 0 Å². The van der Waals surface area contributed by atoms with Crippen molar-refractivity contribution in [3.8, 4) is 5.75 Å². The van der Waals surface area contributed by atoms with E-state index < -0.39 is 172 Å². The van der Waals surface area contributed by atoms with Crippen LogP contribution >= 0.6 is 0 Å². The van der Waals surface area contributed by atoms with E-state index in [0.717, 1.165) is 0 Å². The van der Waals surface area contributed by atoms with Crippen molar-refractivity contribution in [2.24, 2.45) is 32.9 Å². The van der Waals surface area contributed by atoms with Crippen LogP contribution in [0.15, 0.2) is 39.6 Å². The molecular weight excluding hydrogens is 1090 g/mol. The van der Waals surface area contributed by atoms with Crippen molar-refractivity contribution in [2.75, 3.05) is 39.3 Å². The van der Waals surface area contributed by atoms with Crippen molar-refractivity contribution in [1.29, 1.82) is 0 Å². The Labute approximate surface area is 467 Å². The molecule has 36 nitrogen and oxygen atoms in total. The normalized spacial score (nSPS) is 12.5. The Morgan fingerprint density at radius 3 is 1.61 bits per heavy atom. The molecule has 3 unspecified atom stereocenters. The summed E-state index contributed by atoms with van der Waals surface area (Å²) < 4.78 is 4.05. The van der Waals surface area contributed by atoms with Crippen molar-refractivity contribution in [3.63, 3.8) is 0 Å². The van der Waals surface area contributed by atoms with Gasteiger partial charge in [-0.25, -0.2) is 5.43 Å². The molecule has 0 aromatic heterocycles. The number of rotatable bonds is 38. The fourth-order valence-electron chi connectivity index (χ4n) is 6.65. The molecule has 14 N–H and O–H groups in total. The summed E-state index contributed by atoms with van der Waals surface area (Å²) in [6.45, 7) is 4.15. The highest BCUT2D eigenvalue weighted by atomic mass is 16.6. The number of carboxylic acid groups (broad SMARTS) is 2. The number of phenols is 1. The number of esters is 2. The van der Waals surface area contributed by atoms with Gasteiger partial charge in [-0.1, -0.05) is 55.2 Å². The van der Waals surface area contributed by atoms with Gasteiger partial charge in [0.15, 0.2) is 0 Å². The first-order chi connectivity index (χ1) is 38.8. The molecule has 1 rings (SSSR count). The highest BCUT2D eigenvalue weighted by Gasteiger charge is 2.34. The third-order valence-electron chi connectivity index (χ3n) is 10.6. The molecule has 1 aromatic rings. The predicted molar refractivity (Wildman–Crippen MR) is 283 cm³/mol. The Kier molecular flexibility index (Phi) is 36.6. The van der Waals surface area contributed by atoms with E-state index in [1.54, 1.807) is 27.7 Å². The average Bonchev–Trinajstić information content (AvgIpc) is 3.49. The number of azide groups is 3. The molecule has 0 saturated carbocycles. The number of nitrogens with two attached hydrogens (primary N) is 1. The Balaban J connectivity index is 0.00000444. The third kappa shape index (κ3) is 33.6. The van der Waals surface area contributed by atoms with Crippen LogP contribution in [0, 0.1) is 11.8 Å². The smallest absolute Gasteiger partial charge is 0.319 e. The van der Waals surface area contributed by atoms with Gasteiger partial charge in [-0.05, 0) is 91.2 Å². The summed E-state index contributed by atoms with van der Waals surface area (Å²) in [5, 5.41) is 54.6. The first-order valence-electron chi connectivity index (χ1n) is 25.0. The highest BCUT2D eigenvalue weighted by Crippen LogP contribution is 2.14. The van der Waals surface area contributed by atoms with Crippen molar-refractivity contribution >= 4 is 77.4 Å². The second-order valence-electron chi connectivity index (χ2n) is 18.1. The van der Waals surface area contributed by atoms with Crippen LogP contribution in [0.25, 0.3) is 31.3 Å². The molecule has 0 bridgehead atoms. The summed E-state index contributed by atoms with van der Waals surface area (Å²) in [6.07, 6.45) is -0.648. The molecule has 0 aliphatic heterocycles. The summed E-state index contributed by atoms with van der Waals surface area (Å²) in [4.78, 5) is 168. The standard InChI is InChI=1S/C42H65N13O14.C4H4N6O3/c1-23(2)17-30(50-33(59)20-46-54-34(60)21-47-55-44)38(65)45-19-32(58)49-28(12-14-35(61)62)39(66)51-29(13-15-36(63)64)40(67)52-31(18-25-8-10-27(57)11-9-25)41(68)53-37(24(3)4)42(69)48-26(22-56)7-5-6-16-43;5-9-7-1-3(11)13-4(12)2-8-10-6/h8-11,22-24,26,28-31,37,46,57H,5-7,12-21,43H2,1-4H3,(H,45,65)(H,48,69)(H,49,58)(H,50,59)(H,51,66)(H,52,67)(H,53,68)(H,54,60)(H,61,62)(H,63,64);1-2H2/t26-,28?,29-,30?,31?,37-;/m0./s1. The van der Waals surface area contributed by atoms with Crippen LogP contribution in [-0.4, -0.2) is 168 Å². The summed E-state index contributed by atoms with van der Waals surface area (Å²) in [7, 11) is 0. The minimum atomic E-state index is -1.71. The summed E-state index contributed by atoms with van der Waals surface area (Å²) in [6, 6.07) is -2.65. The molecule has 0 heterocycles. The summed E-state index contributed by atoms with van der Waals surface area (Å²) in [5.74, 6) is -12.7. The maximum Gasteiger partial charge on any atom is 0.319 e.